The molecule has 0 spiro atoms. The molecule has 1 fully saturated rings. The van der Waals surface area contributed by atoms with Crippen molar-refractivity contribution in [2.75, 3.05) is 26.2 Å². The molecule has 30 heavy (non-hydrogen) atoms. The topological polar surface area (TPSA) is 36.4 Å². The maximum Gasteiger partial charge on any atom is 0.227 e. The van der Waals surface area contributed by atoms with Gasteiger partial charge in [0.1, 0.15) is 0 Å². The molecule has 2 aromatic carbocycles. The van der Waals surface area contributed by atoms with Crippen LogP contribution in [0.2, 0.25) is 0 Å². The molecule has 2 heterocycles. The van der Waals surface area contributed by atoms with Crippen molar-refractivity contribution in [2.45, 2.75) is 38.6 Å². The van der Waals surface area contributed by atoms with Crippen LogP contribution in [0.1, 0.15) is 35.1 Å². The molecule has 4 nitrogen and oxygen atoms in total. The lowest BCUT2D eigenvalue weighted by Crippen LogP contribution is -2.48. The molecule has 5 rings (SSSR count). The molecule has 1 saturated heterocycles. The maximum absolute atomic E-state index is 12.9. The Morgan fingerprint density at radius 3 is 2.57 bits per heavy atom. The van der Waals surface area contributed by atoms with Crippen LogP contribution >= 0.6 is 0 Å². The Balaban J connectivity index is 1.18. The number of hydrogen-bond donors (Lipinski definition) is 0. The quantitative estimate of drug-likeness (QED) is 0.665. The van der Waals surface area contributed by atoms with Crippen LogP contribution in [-0.4, -0.2) is 46.9 Å². The van der Waals surface area contributed by atoms with Crippen LogP contribution in [0.25, 0.3) is 10.9 Å². The highest BCUT2D eigenvalue weighted by Crippen LogP contribution is 2.23. The molecular weight excluding hydrogens is 370 g/mol. The predicted octanol–water partition coefficient (Wildman–Crippen LogP) is 4.00. The number of carbonyl (C=O) groups excluding carboxylic acids is 1. The summed E-state index contributed by atoms with van der Waals surface area (Å²) in [5.74, 6) is 0.261. The van der Waals surface area contributed by atoms with Gasteiger partial charge in [0.05, 0.1) is 11.9 Å². The first-order chi connectivity index (χ1) is 14.8. The summed E-state index contributed by atoms with van der Waals surface area (Å²) in [4.78, 5) is 21.9. The molecule has 154 valence electrons. The van der Waals surface area contributed by atoms with E-state index < -0.39 is 0 Å². The first-order valence-electron chi connectivity index (χ1n) is 11.2. The molecule has 2 aliphatic rings. The standard InChI is InChI=1S/C26H29N3O/c30-25(18-20-10-11-21-5-1-2-6-23(21)17-20)29-15-13-28(14-16-29)19-24-8-3-7-22-9-4-12-27-26(22)24/h3-4,7-12,17H,1-2,5-6,13-16,18-19H2. The number of piperazine rings is 1. The summed E-state index contributed by atoms with van der Waals surface area (Å²) in [6.07, 6.45) is 7.32. The van der Waals surface area contributed by atoms with E-state index in [0.29, 0.717) is 6.42 Å². The minimum absolute atomic E-state index is 0.261. The molecular formula is C26H29N3O. The van der Waals surface area contributed by atoms with Gasteiger partial charge in [0.2, 0.25) is 5.91 Å². The number of carbonyl (C=O) groups is 1. The van der Waals surface area contributed by atoms with E-state index in [-0.39, 0.29) is 5.91 Å². The molecule has 0 N–H and O–H groups in total. The van der Waals surface area contributed by atoms with Gasteiger partial charge in [-0.3, -0.25) is 14.7 Å². The minimum atomic E-state index is 0.261. The smallest absolute Gasteiger partial charge is 0.227 e. The summed E-state index contributed by atoms with van der Waals surface area (Å²) in [6, 6.07) is 17.2. The molecule has 0 bridgehead atoms. The zero-order valence-corrected chi connectivity index (χ0v) is 17.5. The molecule has 4 heteroatoms. The van der Waals surface area contributed by atoms with Crippen LogP contribution in [0.5, 0.6) is 0 Å². The third kappa shape index (κ3) is 4.10. The van der Waals surface area contributed by atoms with E-state index in [9.17, 15) is 4.79 Å². The number of rotatable bonds is 4. The van der Waals surface area contributed by atoms with E-state index in [1.807, 2.05) is 17.2 Å². The Morgan fingerprint density at radius 1 is 0.900 bits per heavy atom. The molecule has 1 amide bonds. The van der Waals surface area contributed by atoms with Gasteiger partial charge in [-0.2, -0.15) is 0 Å². The molecule has 1 aliphatic heterocycles. The summed E-state index contributed by atoms with van der Waals surface area (Å²) >= 11 is 0. The average Bonchev–Trinajstić information content (AvgIpc) is 2.80. The fraction of sp³-hybridized carbons (Fsp3) is 0.385. The van der Waals surface area contributed by atoms with Gasteiger partial charge in [-0.15, -0.1) is 0 Å². The zero-order valence-electron chi connectivity index (χ0n) is 17.5. The van der Waals surface area contributed by atoms with E-state index in [1.165, 1.54) is 53.3 Å². The first kappa shape index (κ1) is 19.3. The van der Waals surface area contributed by atoms with E-state index in [0.717, 1.165) is 38.2 Å². The van der Waals surface area contributed by atoms with Gasteiger partial charge < -0.3 is 4.90 Å². The largest absolute Gasteiger partial charge is 0.340 e. The third-order valence-corrected chi connectivity index (χ3v) is 6.60. The Bertz CT molecular complexity index is 1050. The summed E-state index contributed by atoms with van der Waals surface area (Å²) < 4.78 is 0. The monoisotopic (exact) mass is 399 g/mol. The number of nitrogens with zero attached hydrogens (tertiary/aromatic N) is 3. The second-order valence-corrected chi connectivity index (χ2v) is 8.64. The maximum atomic E-state index is 12.9. The highest BCUT2D eigenvalue weighted by Gasteiger charge is 2.22. The number of para-hydroxylation sites is 1. The van der Waals surface area contributed by atoms with Crippen molar-refractivity contribution >= 4 is 16.8 Å². The van der Waals surface area contributed by atoms with Crippen LogP contribution in [-0.2, 0) is 30.6 Å². The Hall–Kier alpha value is -2.72. The molecule has 3 aromatic rings. The molecule has 0 atom stereocenters. The zero-order chi connectivity index (χ0) is 20.3. The fourth-order valence-electron chi connectivity index (χ4n) is 4.87. The van der Waals surface area contributed by atoms with Crippen LogP contribution in [0.15, 0.2) is 54.7 Å². The summed E-state index contributed by atoms with van der Waals surface area (Å²) in [5, 5.41) is 1.19. The highest BCUT2D eigenvalue weighted by molar-refractivity contribution is 5.81. The predicted molar refractivity (Wildman–Crippen MR) is 120 cm³/mol. The lowest BCUT2D eigenvalue weighted by atomic mass is 9.90. The van der Waals surface area contributed by atoms with Crippen molar-refractivity contribution in [3.63, 3.8) is 0 Å². The first-order valence-corrected chi connectivity index (χ1v) is 11.2. The van der Waals surface area contributed by atoms with E-state index >= 15 is 0 Å². The molecule has 1 aromatic heterocycles. The number of pyridine rings is 1. The van der Waals surface area contributed by atoms with Gasteiger partial charge in [0, 0.05) is 44.3 Å². The lowest BCUT2D eigenvalue weighted by molar-refractivity contribution is -0.132. The van der Waals surface area contributed by atoms with Gasteiger partial charge in [0.25, 0.3) is 0 Å². The minimum Gasteiger partial charge on any atom is -0.340 e. The normalized spacial score (nSPS) is 17.1. The third-order valence-electron chi connectivity index (χ3n) is 6.60. The highest BCUT2D eigenvalue weighted by atomic mass is 16.2. The van der Waals surface area contributed by atoms with Gasteiger partial charge in [0.15, 0.2) is 0 Å². The summed E-state index contributed by atoms with van der Waals surface area (Å²) in [7, 11) is 0. The van der Waals surface area contributed by atoms with Gasteiger partial charge >= 0.3 is 0 Å². The molecule has 0 radical (unpaired) electrons. The number of fused-ring (bicyclic) bond motifs is 2. The van der Waals surface area contributed by atoms with Crippen molar-refractivity contribution in [2.24, 2.45) is 0 Å². The Labute approximate surface area is 178 Å². The van der Waals surface area contributed by atoms with Gasteiger partial charge in [-0.05, 0) is 54.0 Å². The van der Waals surface area contributed by atoms with Crippen molar-refractivity contribution < 1.29 is 4.79 Å². The van der Waals surface area contributed by atoms with E-state index in [4.69, 9.17) is 0 Å². The number of benzene rings is 2. The fourth-order valence-corrected chi connectivity index (χ4v) is 4.87. The van der Waals surface area contributed by atoms with Crippen LogP contribution < -0.4 is 0 Å². The van der Waals surface area contributed by atoms with Crippen LogP contribution in [0.3, 0.4) is 0 Å². The number of aryl methyl sites for hydroxylation is 2. The Morgan fingerprint density at radius 2 is 1.70 bits per heavy atom. The summed E-state index contributed by atoms with van der Waals surface area (Å²) in [5.41, 5.74) is 6.46. The van der Waals surface area contributed by atoms with Gasteiger partial charge in [-0.25, -0.2) is 0 Å². The second kappa shape index (κ2) is 8.57. The number of aromatic nitrogens is 1. The van der Waals surface area contributed by atoms with Crippen LogP contribution in [0, 0.1) is 0 Å². The van der Waals surface area contributed by atoms with Crippen LogP contribution in [0.4, 0.5) is 0 Å². The van der Waals surface area contributed by atoms with Crippen molar-refractivity contribution in [1.82, 2.24) is 14.8 Å². The number of hydrogen-bond acceptors (Lipinski definition) is 3. The van der Waals surface area contributed by atoms with Gasteiger partial charge in [-0.1, -0.05) is 42.5 Å². The number of amides is 1. The SMILES string of the molecule is O=C(Cc1ccc2c(c1)CCCC2)N1CCN(Cc2cccc3cccnc23)CC1. The molecule has 0 unspecified atom stereocenters. The van der Waals surface area contributed by atoms with E-state index in [1.54, 1.807) is 0 Å². The van der Waals surface area contributed by atoms with Crippen molar-refractivity contribution in [3.8, 4) is 0 Å². The van der Waals surface area contributed by atoms with E-state index in [2.05, 4.69) is 52.3 Å². The molecule has 0 saturated carbocycles. The molecule has 1 aliphatic carbocycles. The summed E-state index contributed by atoms with van der Waals surface area (Å²) in [6.45, 7) is 4.34. The van der Waals surface area contributed by atoms with Crippen molar-refractivity contribution in [1.29, 1.82) is 0 Å². The Kier molecular flexibility index (Phi) is 5.50. The lowest BCUT2D eigenvalue weighted by Gasteiger charge is -2.35. The average molecular weight is 400 g/mol. The second-order valence-electron chi connectivity index (χ2n) is 8.64. The van der Waals surface area contributed by atoms with Crippen molar-refractivity contribution in [3.05, 3.63) is 77.0 Å².